The number of rotatable bonds is 5. The van der Waals surface area contributed by atoms with Gasteiger partial charge in [0.25, 0.3) is 0 Å². The van der Waals surface area contributed by atoms with Crippen LogP contribution < -0.4 is 0 Å². The highest BCUT2D eigenvalue weighted by molar-refractivity contribution is 5.92. The molecule has 0 spiro atoms. The van der Waals surface area contributed by atoms with Gasteiger partial charge in [0.05, 0.1) is 11.6 Å². The molecule has 1 unspecified atom stereocenters. The van der Waals surface area contributed by atoms with Gasteiger partial charge in [-0.1, -0.05) is 78.4 Å². The number of hydrogen-bond donors (Lipinski definition) is 1. The SMILES string of the molecule is Cc1cccc(C(C[N+](=O)[O-])c2c(-c3ccccc3)[nH]c3ccccc23)c1. The number of benzene rings is 3. The van der Waals surface area contributed by atoms with Gasteiger partial charge in [-0.2, -0.15) is 0 Å². The minimum absolute atomic E-state index is 0.148. The number of nitrogens with one attached hydrogen (secondary N) is 1. The van der Waals surface area contributed by atoms with Crippen LogP contribution in [0.25, 0.3) is 22.2 Å². The highest BCUT2D eigenvalue weighted by Crippen LogP contribution is 2.39. The smallest absolute Gasteiger partial charge is 0.214 e. The first-order valence-corrected chi connectivity index (χ1v) is 8.98. The number of aryl methyl sites for hydroxylation is 1. The molecule has 27 heavy (non-hydrogen) atoms. The predicted octanol–water partition coefficient (Wildman–Crippen LogP) is 5.55. The zero-order valence-corrected chi connectivity index (χ0v) is 15.1. The van der Waals surface area contributed by atoms with E-state index in [4.69, 9.17) is 0 Å². The van der Waals surface area contributed by atoms with E-state index in [0.717, 1.165) is 38.9 Å². The lowest BCUT2D eigenvalue weighted by Gasteiger charge is -2.16. The van der Waals surface area contributed by atoms with E-state index in [1.54, 1.807) is 0 Å². The van der Waals surface area contributed by atoms with Crippen LogP contribution in [0.4, 0.5) is 0 Å². The Hall–Kier alpha value is -3.40. The molecule has 1 aromatic heterocycles. The average Bonchev–Trinajstić information content (AvgIpc) is 3.06. The molecule has 3 aromatic carbocycles. The first-order chi connectivity index (χ1) is 13.1. The number of aromatic nitrogens is 1. The summed E-state index contributed by atoms with van der Waals surface area (Å²) in [6.07, 6.45) is 0. The van der Waals surface area contributed by atoms with E-state index in [1.807, 2.05) is 85.8 Å². The van der Waals surface area contributed by atoms with Crippen LogP contribution in [0.15, 0.2) is 78.9 Å². The second kappa shape index (κ2) is 7.08. The average molecular weight is 356 g/mol. The van der Waals surface area contributed by atoms with Crippen molar-refractivity contribution in [2.45, 2.75) is 12.8 Å². The van der Waals surface area contributed by atoms with Crippen LogP contribution in [-0.2, 0) is 0 Å². The molecule has 4 heteroatoms. The molecule has 0 fully saturated rings. The van der Waals surface area contributed by atoms with E-state index < -0.39 is 0 Å². The summed E-state index contributed by atoms with van der Waals surface area (Å²) in [5, 5.41) is 12.6. The zero-order chi connectivity index (χ0) is 18.8. The number of H-pyrrole nitrogens is 1. The Bertz CT molecular complexity index is 1100. The molecule has 4 aromatic rings. The summed E-state index contributed by atoms with van der Waals surface area (Å²) in [7, 11) is 0. The lowest BCUT2D eigenvalue weighted by Crippen LogP contribution is -2.14. The molecule has 0 aliphatic rings. The van der Waals surface area contributed by atoms with Crippen molar-refractivity contribution in [3.63, 3.8) is 0 Å². The minimum Gasteiger partial charge on any atom is -0.354 e. The Morgan fingerprint density at radius 2 is 1.70 bits per heavy atom. The fourth-order valence-corrected chi connectivity index (χ4v) is 3.76. The second-order valence-electron chi connectivity index (χ2n) is 6.81. The molecule has 0 saturated carbocycles. The molecule has 0 bridgehead atoms. The number of nitro groups is 1. The van der Waals surface area contributed by atoms with Gasteiger partial charge in [0.1, 0.15) is 0 Å². The first kappa shape index (κ1) is 17.0. The minimum atomic E-state index is -0.328. The van der Waals surface area contributed by atoms with Crippen molar-refractivity contribution >= 4 is 10.9 Å². The van der Waals surface area contributed by atoms with Crippen LogP contribution >= 0.6 is 0 Å². The van der Waals surface area contributed by atoms with E-state index >= 15 is 0 Å². The third-order valence-corrected chi connectivity index (χ3v) is 4.93. The van der Waals surface area contributed by atoms with E-state index in [1.165, 1.54) is 0 Å². The molecule has 4 rings (SSSR count). The highest BCUT2D eigenvalue weighted by Gasteiger charge is 2.27. The van der Waals surface area contributed by atoms with Crippen LogP contribution in [-0.4, -0.2) is 16.5 Å². The molecule has 0 aliphatic heterocycles. The third kappa shape index (κ3) is 3.34. The third-order valence-electron chi connectivity index (χ3n) is 4.93. The molecular weight excluding hydrogens is 336 g/mol. The Morgan fingerprint density at radius 1 is 0.963 bits per heavy atom. The van der Waals surface area contributed by atoms with E-state index in [0.29, 0.717) is 0 Å². The van der Waals surface area contributed by atoms with Crippen molar-refractivity contribution in [1.29, 1.82) is 0 Å². The van der Waals surface area contributed by atoms with Gasteiger partial charge >= 0.3 is 0 Å². The van der Waals surface area contributed by atoms with Crippen molar-refractivity contribution in [1.82, 2.24) is 4.98 Å². The molecule has 0 amide bonds. The number of hydrogen-bond acceptors (Lipinski definition) is 2. The predicted molar refractivity (Wildman–Crippen MR) is 109 cm³/mol. The van der Waals surface area contributed by atoms with Gasteiger partial charge in [0.15, 0.2) is 0 Å². The molecule has 0 aliphatic carbocycles. The molecule has 1 atom stereocenters. The molecule has 4 nitrogen and oxygen atoms in total. The van der Waals surface area contributed by atoms with Crippen LogP contribution in [0.1, 0.15) is 22.6 Å². The Labute approximate surface area is 157 Å². The number of nitrogens with zero attached hydrogens (tertiary/aromatic N) is 1. The van der Waals surface area contributed by atoms with E-state index in [9.17, 15) is 10.1 Å². The summed E-state index contributed by atoms with van der Waals surface area (Å²) in [5.74, 6) is -0.328. The maximum absolute atomic E-state index is 11.5. The Balaban J connectivity index is 2.00. The van der Waals surface area contributed by atoms with Gasteiger partial charge in [0.2, 0.25) is 6.54 Å². The number of aromatic amines is 1. The van der Waals surface area contributed by atoms with Crippen LogP contribution in [0.3, 0.4) is 0 Å². The van der Waals surface area contributed by atoms with Gasteiger partial charge in [-0.05, 0) is 29.7 Å². The van der Waals surface area contributed by atoms with E-state index in [2.05, 4.69) is 4.98 Å². The maximum Gasteiger partial charge on any atom is 0.214 e. The standard InChI is InChI=1S/C23H20N2O2/c1-16-8-7-11-18(14-16)20(15-25(26)27)22-19-12-5-6-13-21(19)24-23(22)17-9-3-2-4-10-17/h2-14,20,24H,15H2,1H3. The largest absolute Gasteiger partial charge is 0.354 e. The van der Waals surface area contributed by atoms with Gasteiger partial charge in [0, 0.05) is 15.8 Å². The van der Waals surface area contributed by atoms with Gasteiger partial charge in [-0.3, -0.25) is 10.1 Å². The van der Waals surface area contributed by atoms with Crippen LogP contribution in [0.2, 0.25) is 0 Å². The van der Waals surface area contributed by atoms with Gasteiger partial charge in [-0.25, -0.2) is 0 Å². The van der Waals surface area contributed by atoms with Crippen molar-refractivity contribution < 1.29 is 4.92 Å². The van der Waals surface area contributed by atoms with Crippen LogP contribution in [0.5, 0.6) is 0 Å². The monoisotopic (exact) mass is 356 g/mol. The number of para-hydroxylation sites is 1. The summed E-state index contributed by atoms with van der Waals surface area (Å²) in [6.45, 7) is 1.87. The first-order valence-electron chi connectivity index (χ1n) is 8.98. The van der Waals surface area contributed by atoms with Crippen molar-refractivity contribution in [3.8, 4) is 11.3 Å². The fourth-order valence-electron chi connectivity index (χ4n) is 3.76. The molecule has 1 heterocycles. The quantitative estimate of drug-likeness (QED) is 0.376. The Morgan fingerprint density at radius 3 is 2.44 bits per heavy atom. The summed E-state index contributed by atoms with van der Waals surface area (Å²) in [6, 6.07) is 26.0. The zero-order valence-electron chi connectivity index (χ0n) is 15.1. The number of fused-ring (bicyclic) bond motifs is 1. The van der Waals surface area contributed by atoms with Crippen molar-refractivity contribution in [2.24, 2.45) is 0 Å². The molecule has 0 radical (unpaired) electrons. The molecule has 0 saturated heterocycles. The summed E-state index contributed by atoms with van der Waals surface area (Å²) < 4.78 is 0. The molecule has 134 valence electrons. The lowest BCUT2D eigenvalue weighted by atomic mass is 9.87. The molecule has 1 N–H and O–H groups in total. The van der Waals surface area contributed by atoms with Crippen LogP contribution in [0, 0.1) is 17.0 Å². The normalized spacial score (nSPS) is 12.2. The van der Waals surface area contributed by atoms with E-state index in [-0.39, 0.29) is 17.4 Å². The Kier molecular flexibility index (Phi) is 4.47. The van der Waals surface area contributed by atoms with Gasteiger partial charge in [-0.15, -0.1) is 0 Å². The highest BCUT2D eigenvalue weighted by atomic mass is 16.6. The fraction of sp³-hybridized carbons (Fsp3) is 0.130. The topological polar surface area (TPSA) is 58.9 Å². The second-order valence-corrected chi connectivity index (χ2v) is 6.81. The van der Waals surface area contributed by atoms with Gasteiger partial charge < -0.3 is 4.98 Å². The summed E-state index contributed by atoms with van der Waals surface area (Å²) >= 11 is 0. The summed E-state index contributed by atoms with van der Waals surface area (Å²) in [5.41, 5.74) is 6.02. The van der Waals surface area contributed by atoms with Crippen molar-refractivity contribution in [3.05, 3.63) is 106 Å². The summed E-state index contributed by atoms with van der Waals surface area (Å²) in [4.78, 5) is 14.8. The van der Waals surface area contributed by atoms with Crippen molar-refractivity contribution in [2.75, 3.05) is 6.54 Å². The maximum atomic E-state index is 11.5. The molecular formula is C23H20N2O2. The lowest BCUT2D eigenvalue weighted by molar-refractivity contribution is -0.481.